The Balaban J connectivity index is 1.53. The second-order valence-electron chi connectivity index (χ2n) is 6.01. The maximum absolute atomic E-state index is 12.8. The molecule has 2 aromatic heterocycles. The molecule has 0 radical (unpaired) electrons. The SMILES string of the molecule is O=C(O)c1n[nH]c2c1CN(C(=O)c1ccc(C3CCCO3)s1)CC2. The summed E-state index contributed by atoms with van der Waals surface area (Å²) in [5, 5.41) is 15.8. The maximum atomic E-state index is 12.8. The van der Waals surface area contributed by atoms with E-state index in [2.05, 4.69) is 10.2 Å². The van der Waals surface area contributed by atoms with Crippen molar-refractivity contribution in [2.24, 2.45) is 0 Å². The summed E-state index contributed by atoms with van der Waals surface area (Å²) in [7, 11) is 0. The Morgan fingerprint density at radius 3 is 3.04 bits per heavy atom. The Morgan fingerprint density at radius 1 is 1.42 bits per heavy atom. The van der Waals surface area contributed by atoms with Crippen LogP contribution in [-0.2, 0) is 17.7 Å². The normalized spacial score (nSPS) is 20.2. The van der Waals surface area contributed by atoms with E-state index in [-0.39, 0.29) is 24.2 Å². The number of hydrogen-bond donors (Lipinski definition) is 2. The third-order valence-corrected chi connectivity index (χ3v) is 5.67. The lowest BCUT2D eigenvalue weighted by molar-refractivity contribution is 0.0675. The predicted octanol–water partition coefficient (Wildman–Crippen LogP) is 2.22. The number of carboxylic acids is 1. The molecule has 0 aromatic carbocycles. The number of fused-ring (bicyclic) bond motifs is 1. The Hall–Kier alpha value is -2.19. The Kier molecular flexibility index (Phi) is 3.85. The van der Waals surface area contributed by atoms with Gasteiger partial charge < -0.3 is 14.7 Å². The molecule has 24 heavy (non-hydrogen) atoms. The van der Waals surface area contributed by atoms with Gasteiger partial charge in [-0.15, -0.1) is 11.3 Å². The number of nitrogens with zero attached hydrogens (tertiary/aromatic N) is 2. The maximum Gasteiger partial charge on any atom is 0.356 e. The molecule has 2 aliphatic rings. The highest BCUT2D eigenvalue weighted by atomic mass is 32.1. The van der Waals surface area contributed by atoms with Crippen LogP contribution in [0.15, 0.2) is 12.1 Å². The zero-order valence-electron chi connectivity index (χ0n) is 12.9. The number of carboxylic acid groups (broad SMARTS) is 1. The van der Waals surface area contributed by atoms with E-state index in [1.54, 1.807) is 4.90 Å². The second-order valence-corrected chi connectivity index (χ2v) is 7.13. The van der Waals surface area contributed by atoms with E-state index < -0.39 is 5.97 Å². The van der Waals surface area contributed by atoms with Crippen LogP contribution >= 0.6 is 11.3 Å². The van der Waals surface area contributed by atoms with Gasteiger partial charge >= 0.3 is 5.97 Å². The largest absolute Gasteiger partial charge is 0.476 e. The number of aromatic carboxylic acids is 1. The van der Waals surface area contributed by atoms with Crippen LogP contribution in [0.25, 0.3) is 0 Å². The van der Waals surface area contributed by atoms with Gasteiger partial charge in [-0.25, -0.2) is 4.79 Å². The van der Waals surface area contributed by atoms with Crippen LogP contribution < -0.4 is 0 Å². The van der Waals surface area contributed by atoms with Crippen LogP contribution in [0.3, 0.4) is 0 Å². The summed E-state index contributed by atoms with van der Waals surface area (Å²) in [6, 6.07) is 3.80. The molecule has 0 bridgehead atoms. The molecule has 8 heteroatoms. The minimum absolute atomic E-state index is 0.00808. The molecule has 1 fully saturated rings. The number of amides is 1. The second kappa shape index (κ2) is 6.03. The number of carbonyl (C=O) groups is 2. The van der Waals surface area contributed by atoms with Crippen LogP contribution in [0.2, 0.25) is 0 Å². The molecule has 4 heterocycles. The predicted molar refractivity (Wildman–Crippen MR) is 86.2 cm³/mol. The van der Waals surface area contributed by atoms with E-state index >= 15 is 0 Å². The molecule has 0 aliphatic carbocycles. The average Bonchev–Trinajstić information content (AvgIpc) is 3.31. The van der Waals surface area contributed by atoms with Gasteiger partial charge in [-0.1, -0.05) is 0 Å². The summed E-state index contributed by atoms with van der Waals surface area (Å²) in [6.45, 7) is 1.61. The summed E-state index contributed by atoms with van der Waals surface area (Å²) in [5.74, 6) is -1.13. The van der Waals surface area contributed by atoms with Crippen LogP contribution in [0.5, 0.6) is 0 Å². The first kappa shape index (κ1) is 15.3. The van der Waals surface area contributed by atoms with Gasteiger partial charge in [0.1, 0.15) is 0 Å². The standard InChI is InChI=1S/C16H17N3O4S/c20-15(13-4-3-12(24-13)11-2-1-7-23-11)19-6-5-10-9(8-19)14(16(21)22)18-17-10/h3-4,11H,1-2,5-8H2,(H,17,18)(H,21,22). The summed E-state index contributed by atoms with van der Waals surface area (Å²) < 4.78 is 5.66. The third-order valence-electron chi connectivity index (χ3n) is 4.51. The van der Waals surface area contributed by atoms with Gasteiger partial charge in [0.15, 0.2) is 5.69 Å². The molecule has 2 aliphatic heterocycles. The van der Waals surface area contributed by atoms with E-state index in [4.69, 9.17) is 4.74 Å². The van der Waals surface area contributed by atoms with E-state index in [1.807, 2.05) is 12.1 Å². The lowest BCUT2D eigenvalue weighted by Gasteiger charge is -2.26. The number of hydrogen-bond acceptors (Lipinski definition) is 5. The van der Waals surface area contributed by atoms with E-state index in [0.29, 0.717) is 23.4 Å². The monoisotopic (exact) mass is 347 g/mol. The minimum atomic E-state index is -1.07. The van der Waals surface area contributed by atoms with Gasteiger partial charge in [-0.05, 0) is 25.0 Å². The molecule has 7 nitrogen and oxygen atoms in total. The van der Waals surface area contributed by atoms with Gasteiger partial charge in [-0.3, -0.25) is 9.89 Å². The molecule has 126 valence electrons. The molecule has 2 N–H and O–H groups in total. The molecule has 0 spiro atoms. The lowest BCUT2D eigenvalue weighted by atomic mass is 10.1. The van der Waals surface area contributed by atoms with Gasteiger partial charge in [0.25, 0.3) is 5.91 Å². The molecule has 1 atom stereocenters. The molecule has 0 saturated carbocycles. The van der Waals surface area contributed by atoms with Crippen molar-refractivity contribution in [3.63, 3.8) is 0 Å². The van der Waals surface area contributed by atoms with Crippen molar-refractivity contribution in [2.45, 2.75) is 31.9 Å². The third kappa shape index (κ3) is 2.61. The molecule has 4 rings (SSSR count). The number of ether oxygens (including phenoxy) is 1. The van der Waals surface area contributed by atoms with Crippen LogP contribution in [0.4, 0.5) is 0 Å². The molecule has 1 unspecified atom stereocenters. The van der Waals surface area contributed by atoms with Crippen LogP contribution in [0, 0.1) is 0 Å². The number of carbonyl (C=O) groups excluding carboxylic acids is 1. The van der Waals surface area contributed by atoms with Gasteiger partial charge in [0.05, 0.1) is 17.5 Å². The minimum Gasteiger partial charge on any atom is -0.476 e. The van der Waals surface area contributed by atoms with Crippen molar-refractivity contribution >= 4 is 23.2 Å². The molecule has 1 amide bonds. The van der Waals surface area contributed by atoms with Crippen LogP contribution in [-0.4, -0.2) is 45.2 Å². The number of thiophene rings is 1. The van der Waals surface area contributed by atoms with Gasteiger partial charge in [0.2, 0.25) is 0 Å². The van der Waals surface area contributed by atoms with Crippen molar-refractivity contribution in [2.75, 3.05) is 13.2 Å². The highest BCUT2D eigenvalue weighted by Crippen LogP contribution is 2.34. The van der Waals surface area contributed by atoms with Crippen molar-refractivity contribution in [1.82, 2.24) is 15.1 Å². The van der Waals surface area contributed by atoms with Gasteiger partial charge in [-0.2, -0.15) is 5.10 Å². The van der Waals surface area contributed by atoms with Crippen molar-refractivity contribution in [1.29, 1.82) is 0 Å². The highest BCUT2D eigenvalue weighted by molar-refractivity contribution is 7.14. The smallest absolute Gasteiger partial charge is 0.356 e. The van der Waals surface area contributed by atoms with Crippen LogP contribution in [0.1, 0.15) is 55.2 Å². The van der Waals surface area contributed by atoms with E-state index in [0.717, 1.165) is 30.0 Å². The van der Waals surface area contributed by atoms with Crippen molar-refractivity contribution in [3.05, 3.63) is 38.8 Å². The quantitative estimate of drug-likeness (QED) is 0.887. The van der Waals surface area contributed by atoms with E-state index in [9.17, 15) is 14.7 Å². The van der Waals surface area contributed by atoms with Crippen molar-refractivity contribution in [3.8, 4) is 0 Å². The Labute approximate surface area is 142 Å². The van der Waals surface area contributed by atoms with Crippen molar-refractivity contribution < 1.29 is 19.4 Å². The number of aromatic amines is 1. The van der Waals surface area contributed by atoms with Gasteiger partial charge in [0, 0.05) is 35.7 Å². The molecule has 1 saturated heterocycles. The average molecular weight is 347 g/mol. The Morgan fingerprint density at radius 2 is 2.29 bits per heavy atom. The fraction of sp³-hybridized carbons (Fsp3) is 0.438. The molecular formula is C16H17N3O4S. The number of nitrogens with one attached hydrogen (secondary N) is 1. The first-order valence-electron chi connectivity index (χ1n) is 7.93. The summed E-state index contributed by atoms with van der Waals surface area (Å²) in [5.41, 5.74) is 1.43. The first-order valence-corrected chi connectivity index (χ1v) is 8.75. The number of aromatic nitrogens is 2. The summed E-state index contributed by atoms with van der Waals surface area (Å²) in [4.78, 5) is 27.4. The Bertz CT molecular complexity index is 791. The van der Waals surface area contributed by atoms with E-state index in [1.165, 1.54) is 11.3 Å². The summed E-state index contributed by atoms with van der Waals surface area (Å²) >= 11 is 1.47. The lowest BCUT2D eigenvalue weighted by Crippen LogP contribution is -2.35. The zero-order chi connectivity index (χ0) is 16.7. The topological polar surface area (TPSA) is 95.5 Å². The number of rotatable bonds is 3. The zero-order valence-corrected chi connectivity index (χ0v) is 13.8. The molecular weight excluding hydrogens is 330 g/mol. The number of H-pyrrole nitrogens is 1. The first-order chi connectivity index (χ1) is 11.6. The molecule has 2 aromatic rings. The fourth-order valence-electron chi connectivity index (χ4n) is 3.24. The highest BCUT2D eigenvalue weighted by Gasteiger charge is 2.29. The fourth-order valence-corrected chi connectivity index (χ4v) is 4.30. The summed E-state index contributed by atoms with van der Waals surface area (Å²) in [6.07, 6.45) is 2.75.